The maximum atomic E-state index is 12.9. The van der Waals surface area contributed by atoms with Crippen LogP contribution in [-0.2, 0) is 4.74 Å². The first kappa shape index (κ1) is 27.5. The molecule has 0 unspecified atom stereocenters. The number of nitrogens with one attached hydrogen (secondary N) is 1. The molecule has 3 aromatic carbocycles. The van der Waals surface area contributed by atoms with Crippen molar-refractivity contribution in [3.8, 4) is 5.88 Å². The lowest BCUT2D eigenvalue weighted by Gasteiger charge is -2.19. The van der Waals surface area contributed by atoms with E-state index in [9.17, 15) is 14.7 Å². The van der Waals surface area contributed by atoms with E-state index in [1.54, 1.807) is 66.8 Å². The molecule has 10 nitrogen and oxygen atoms in total. The van der Waals surface area contributed by atoms with Gasteiger partial charge in [-0.15, -0.1) is 0 Å². The highest BCUT2D eigenvalue weighted by molar-refractivity contribution is 6.22. The zero-order chi connectivity index (χ0) is 29.1. The van der Waals surface area contributed by atoms with E-state index in [1.165, 1.54) is 7.11 Å². The first-order chi connectivity index (χ1) is 19.7. The highest BCUT2D eigenvalue weighted by Crippen LogP contribution is 2.33. The van der Waals surface area contributed by atoms with Crippen LogP contribution in [0.15, 0.2) is 78.0 Å². The van der Waals surface area contributed by atoms with Gasteiger partial charge < -0.3 is 24.6 Å². The first-order valence-corrected chi connectivity index (χ1v) is 13.0. The molecule has 0 saturated heterocycles. The van der Waals surface area contributed by atoms with Crippen LogP contribution in [0.1, 0.15) is 31.8 Å². The molecular formula is C31H30N6O4. The maximum Gasteiger partial charge on any atom is 0.337 e. The van der Waals surface area contributed by atoms with Crippen molar-refractivity contribution >= 4 is 45.2 Å². The summed E-state index contributed by atoms with van der Waals surface area (Å²) in [5, 5.41) is 11.7. The molecule has 0 radical (unpaired) electrons. The molecule has 2 N–H and O–H groups in total. The zero-order valence-electron chi connectivity index (χ0n) is 23.3. The fourth-order valence-corrected chi connectivity index (χ4v) is 4.52. The summed E-state index contributed by atoms with van der Waals surface area (Å²) in [6, 6.07) is 17.6. The van der Waals surface area contributed by atoms with E-state index in [1.807, 2.05) is 37.2 Å². The van der Waals surface area contributed by atoms with Crippen LogP contribution in [0, 0.1) is 0 Å². The molecule has 0 aliphatic carbocycles. The summed E-state index contributed by atoms with van der Waals surface area (Å²) in [5.41, 5.74) is 5.09. The number of H-pyrrole nitrogens is 1. The summed E-state index contributed by atoms with van der Waals surface area (Å²) < 4.78 is 4.84. The second-order valence-corrected chi connectivity index (χ2v) is 9.90. The van der Waals surface area contributed by atoms with E-state index >= 15 is 0 Å². The number of hydrogen-bond acceptors (Lipinski definition) is 8. The minimum Gasteiger partial charge on any atom is -0.494 e. The fraction of sp³-hybridized carbons (Fsp3) is 0.194. The maximum absolute atomic E-state index is 12.9. The van der Waals surface area contributed by atoms with Gasteiger partial charge in [-0.25, -0.2) is 9.79 Å². The van der Waals surface area contributed by atoms with Crippen molar-refractivity contribution in [2.24, 2.45) is 4.99 Å². The van der Waals surface area contributed by atoms with Gasteiger partial charge in [-0.3, -0.25) is 14.8 Å². The number of hydrogen-bond donors (Lipinski definition) is 2. The molecule has 0 spiro atoms. The van der Waals surface area contributed by atoms with Gasteiger partial charge in [0.2, 0.25) is 0 Å². The highest BCUT2D eigenvalue weighted by atomic mass is 16.5. The first-order valence-electron chi connectivity index (χ1n) is 13.0. The number of rotatable bonds is 8. The van der Waals surface area contributed by atoms with E-state index in [2.05, 4.69) is 15.0 Å². The molecule has 0 saturated carbocycles. The Bertz CT molecular complexity index is 1780. The quantitative estimate of drug-likeness (QED) is 0.217. The number of aliphatic imine (C=N–C) groups is 1. The number of nitrogens with zero attached hydrogens (tertiary/aromatic N) is 5. The van der Waals surface area contributed by atoms with Gasteiger partial charge in [0.1, 0.15) is 0 Å². The van der Waals surface area contributed by atoms with E-state index < -0.39 is 5.97 Å². The lowest BCUT2D eigenvalue weighted by molar-refractivity contribution is 0.0600. The Morgan fingerprint density at radius 3 is 2.27 bits per heavy atom. The predicted octanol–water partition coefficient (Wildman–Crippen LogP) is 4.41. The van der Waals surface area contributed by atoms with Gasteiger partial charge in [0.25, 0.3) is 5.91 Å². The number of benzene rings is 3. The van der Waals surface area contributed by atoms with Crippen LogP contribution in [-0.4, -0.2) is 88.8 Å². The molecular weight excluding hydrogens is 520 g/mol. The summed E-state index contributed by atoms with van der Waals surface area (Å²) in [6.07, 6.45) is 3.24. The second kappa shape index (κ2) is 11.6. The molecule has 41 heavy (non-hydrogen) atoms. The number of amides is 1. The topological polar surface area (TPSA) is 124 Å². The van der Waals surface area contributed by atoms with E-state index in [0.717, 1.165) is 12.1 Å². The van der Waals surface area contributed by atoms with Crippen molar-refractivity contribution in [2.45, 2.75) is 0 Å². The fourth-order valence-electron chi connectivity index (χ4n) is 4.52. The summed E-state index contributed by atoms with van der Waals surface area (Å²) in [6.45, 7) is 1.37. The Morgan fingerprint density at radius 1 is 0.878 bits per heavy atom. The molecule has 0 atom stereocenters. The van der Waals surface area contributed by atoms with Crippen LogP contribution in [0.4, 0.5) is 5.69 Å². The minimum absolute atomic E-state index is 0.0774. The zero-order valence-corrected chi connectivity index (χ0v) is 23.3. The molecule has 5 aromatic rings. The van der Waals surface area contributed by atoms with Gasteiger partial charge >= 0.3 is 5.97 Å². The number of aromatic amines is 1. The second-order valence-electron chi connectivity index (χ2n) is 9.90. The van der Waals surface area contributed by atoms with Crippen molar-refractivity contribution in [3.05, 3.63) is 95.3 Å². The SMILES string of the molecule is COC(=O)c1ccc2c(C(=Nc3ccc(C(=O)N(C)CCN(C)C)cc3)c3ccc4nccnc4c3)c(O)[nH]c2c1. The number of carbonyl (C=O) groups is 2. The van der Waals surface area contributed by atoms with E-state index in [4.69, 9.17) is 9.73 Å². The normalized spacial score (nSPS) is 11.8. The van der Waals surface area contributed by atoms with Crippen molar-refractivity contribution in [1.29, 1.82) is 0 Å². The average Bonchev–Trinajstić information content (AvgIpc) is 3.32. The monoisotopic (exact) mass is 550 g/mol. The third kappa shape index (κ3) is 5.78. The average molecular weight is 551 g/mol. The molecule has 2 heterocycles. The molecule has 0 aliphatic heterocycles. The summed E-state index contributed by atoms with van der Waals surface area (Å²) in [4.78, 5) is 45.4. The number of methoxy groups -OCH3 is 1. The summed E-state index contributed by atoms with van der Waals surface area (Å²) >= 11 is 0. The molecule has 1 amide bonds. The summed E-state index contributed by atoms with van der Waals surface area (Å²) in [7, 11) is 7.03. The van der Waals surface area contributed by atoms with Crippen LogP contribution < -0.4 is 0 Å². The number of fused-ring (bicyclic) bond motifs is 2. The lowest BCUT2D eigenvalue weighted by atomic mass is 9.99. The Kier molecular flexibility index (Phi) is 7.75. The van der Waals surface area contributed by atoms with Crippen LogP contribution in [0.5, 0.6) is 5.88 Å². The van der Waals surface area contributed by atoms with Gasteiger partial charge in [-0.1, -0.05) is 12.1 Å². The number of carbonyl (C=O) groups excluding carboxylic acids is 2. The van der Waals surface area contributed by atoms with Crippen molar-refractivity contribution in [3.63, 3.8) is 0 Å². The Morgan fingerprint density at radius 2 is 1.56 bits per heavy atom. The Labute approximate surface area is 236 Å². The van der Waals surface area contributed by atoms with Crippen molar-refractivity contribution in [2.75, 3.05) is 41.3 Å². The molecule has 0 fully saturated rings. The van der Waals surface area contributed by atoms with Crippen LogP contribution >= 0.6 is 0 Å². The van der Waals surface area contributed by atoms with E-state index in [0.29, 0.717) is 56.6 Å². The molecule has 5 rings (SSSR count). The molecule has 0 bridgehead atoms. The van der Waals surface area contributed by atoms with E-state index in [-0.39, 0.29) is 11.8 Å². The summed E-state index contributed by atoms with van der Waals surface area (Å²) in [5.74, 6) is -0.660. The predicted molar refractivity (Wildman–Crippen MR) is 158 cm³/mol. The number of aromatic nitrogens is 3. The lowest BCUT2D eigenvalue weighted by Crippen LogP contribution is -2.33. The van der Waals surface area contributed by atoms with Gasteiger partial charge in [0.15, 0.2) is 5.88 Å². The van der Waals surface area contributed by atoms with Crippen LogP contribution in [0.3, 0.4) is 0 Å². The number of likely N-dealkylation sites (N-methyl/N-ethyl adjacent to an activating group) is 2. The van der Waals surface area contributed by atoms with Gasteiger partial charge in [0.05, 0.1) is 40.7 Å². The Balaban J connectivity index is 1.59. The number of ether oxygens (including phenoxy) is 1. The third-order valence-corrected chi connectivity index (χ3v) is 6.76. The molecule has 2 aromatic heterocycles. The third-order valence-electron chi connectivity index (χ3n) is 6.76. The van der Waals surface area contributed by atoms with Gasteiger partial charge in [0, 0.05) is 54.6 Å². The van der Waals surface area contributed by atoms with Gasteiger partial charge in [-0.05, 0) is 62.6 Å². The van der Waals surface area contributed by atoms with Crippen LogP contribution in [0.25, 0.3) is 21.9 Å². The van der Waals surface area contributed by atoms with Crippen LogP contribution in [0.2, 0.25) is 0 Å². The molecule has 0 aliphatic rings. The van der Waals surface area contributed by atoms with Crippen molar-refractivity contribution in [1.82, 2.24) is 24.8 Å². The standard InChI is InChI=1S/C31H30N6O4/c1-36(2)15-16-37(3)30(39)19-5-9-22(10-6-19)34-28(20-8-12-24-26(17-20)33-14-13-32-24)27-23-11-7-21(31(40)41-4)18-25(23)35-29(27)38/h5-14,17-18,35,38H,15-16H2,1-4H3. The minimum atomic E-state index is -0.480. The number of aromatic hydroxyl groups is 1. The smallest absolute Gasteiger partial charge is 0.337 e. The molecule has 208 valence electrons. The highest BCUT2D eigenvalue weighted by Gasteiger charge is 2.21. The van der Waals surface area contributed by atoms with Gasteiger partial charge in [-0.2, -0.15) is 0 Å². The molecule has 10 heteroatoms. The number of esters is 1. The van der Waals surface area contributed by atoms with Crippen molar-refractivity contribution < 1.29 is 19.4 Å². The largest absolute Gasteiger partial charge is 0.494 e. The Hall–Kier alpha value is -5.09.